The van der Waals surface area contributed by atoms with E-state index in [1.165, 1.54) is 6.20 Å². The standard InChI is InChI=1S/C11H16N4O/c1-15(9-2-3-12-6-9)8-11(16)10-7-13-4-5-14-10/h4-5,7,9,12H,2-3,6,8H2,1H3. The smallest absolute Gasteiger partial charge is 0.196 e. The molecule has 1 saturated heterocycles. The van der Waals surface area contributed by atoms with Crippen molar-refractivity contribution in [2.75, 3.05) is 26.7 Å². The highest BCUT2D eigenvalue weighted by molar-refractivity contribution is 5.95. The minimum Gasteiger partial charge on any atom is -0.315 e. The van der Waals surface area contributed by atoms with Gasteiger partial charge in [-0.1, -0.05) is 0 Å². The van der Waals surface area contributed by atoms with Crippen LogP contribution in [0.15, 0.2) is 18.6 Å². The van der Waals surface area contributed by atoms with Crippen molar-refractivity contribution in [3.63, 3.8) is 0 Å². The molecular weight excluding hydrogens is 204 g/mol. The first-order valence-electron chi connectivity index (χ1n) is 5.47. The number of carbonyl (C=O) groups excluding carboxylic acids is 1. The molecule has 86 valence electrons. The lowest BCUT2D eigenvalue weighted by molar-refractivity contribution is 0.0919. The highest BCUT2D eigenvalue weighted by atomic mass is 16.1. The SMILES string of the molecule is CN(CC(=O)c1cnccn1)C1CCNC1. The Labute approximate surface area is 94.9 Å². The highest BCUT2D eigenvalue weighted by Gasteiger charge is 2.21. The third-order valence-electron chi connectivity index (χ3n) is 2.90. The van der Waals surface area contributed by atoms with Crippen molar-refractivity contribution < 1.29 is 4.79 Å². The van der Waals surface area contributed by atoms with E-state index in [1.807, 2.05) is 7.05 Å². The van der Waals surface area contributed by atoms with Crippen LogP contribution in [0.5, 0.6) is 0 Å². The fourth-order valence-corrected chi connectivity index (χ4v) is 1.90. The molecule has 16 heavy (non-hydrogen) atoms. The van der Waals surface area contributed by atoms with Gasteiger partial charge in [-0.25, -0.2) is 4.98 Å². The summed E-state index contributed by atoms with van der Waals surface area (Å²) in [6.07, 6.45) is 5.74. The number of nitrogens with zero attached hydrogens (tertiary/aromatic N) is 3. The molecule has 0 amide bonds. The molecule has 2 heterocycles. The van der Waals surface area contributed by atoms with E-state index in [2.05, 4.69) is 20.2 Å². The summed E-state index contributed by atoms with van der Waals surface area (Å²) in [5.74, 6) is 0.0301. The zero-order valence-electron chi connectivity index (χ0n) is 9.39. The van der Waals surface area contributed by atoms with E-state index in [4.69, 9.17) is 0 Å². The normalized spacial score (nSPS) is 20.2. The number of aromatic nitrogens is 2. The first-order chi connectivity index (χ1) is 7.77. The number of carbonyl (C=O) groups is 1. The molecule has 0 aromatic carbocycles. The van der Waals surface area contributed by atoms with Gasteiger partial charge in [-0.15, -0.1) is 0 Å². The molecule has 1 aromatic rings. The van der Waals surface area contributed by atoms with Crippen molar-refractivity contribution in [2.45, 2.75) is 12.5 Å². The molecule has 0 aliphatic carbocycles. The Morgan fingerprint density at radius 2 is 2.50 bits per heavy atom. The second kappa shape index (κ2) is 5.14. The lowest BCUT2D eigenvalue weighted by Gasteiger charge is -2.22. The van der Waals surface area contributed by atoms with Crippen LogP contribution in [0.1, 0.15) is 16.9 Å². The van der Waals surface area contributed by atoms with Gasteiger partial charge in [-0.2, -0.15) is 0 Å². The maximum atomic E-state index is 11.8. The van der Waals surface area contributed by atoms with E-state index < -0.39 is 0 Å². The van der Waals surface area contributed by atoms with E-state index in [0.29, 0.717) is 18.3 Å². The highest BCUT2D eigenvalue weighted by Crippen LogP contribution is 2.06. The van der Waals surface area contributed by atoms with E-state index in [-0.39, 0.29) is 5.78 Å². The van der Waals surface area contributed by atoms with Gasteiger partial charge in [0.15, 0.2) is 5.78 Å². The third kappa shape index (κ3) is 2.62. The van der Waals surface area contributed by atoms with Gasteiger partial charge in [0.1, 0.15) is 5.69 Å². The van der Waals surface area contributed by atoms with Crippen LogP contribution in [0.3, 0.4) is 0 Å². The topological polar surface area (TPSA) is 58.1 Å². The Bertz CT molecular complexity index is 348. The number of likely N-dealkylation sites (N-methyl/N-ethyl adjacent to an activating group) is 1. The van der Waals surface area contributed by atoms with Crippen LogP contribution in [-0.2, 0) is 0 Å². The summed E-state index contributed by atoms with van der Waals surface area (Å²) in [6.45, 7) is 2.41. The molecule has 1 atom stereocenters. The third-order valence-corrected chi connectivity index (χ3v) is 2.90. The van der Waals surface area contributed by atoms with Crippen LogP contribution in [0, 0.1) is 0 Å². The number of hydrogen-bond acceptors (Lipinski definition) is 5. The van der Waals surface area contributed by atoms with Crippen molar-refractivity contribution in [3.05, 3.63) is 24.3 Å². The van der Waals surface area contributed by atoms with Gasteiger partial charge >= 0.3 is 0 Å². The molecule has 1 fully saturated rings. The Kier molecular flexibility index (Phi) is 3.58. The molecule has 1 N–H and O–H groups in total. The van der Waals surface area contributed by atoms with Crippen molar-refractivity contribution in [1.29, 1.82) is 0 Å². The molecule has 2 rings (SSSR count). The average Bonchev–Trinajstić information content (AvgIpc) is 2.83. The van der Waals surface area contributed by atoms with Crippen LogP contribution < -0.4 is 5.32 Å². The maximum Gasteiger partial charge on any atom is 0.196 e. The summed E-state index contributed by atoms with van der Waals surface area (Å²) in [7, 11) is 1.98. The molecule has 1 unspecified atom stereocenters. The maximum absolute atomic E-state index is 11.8. The molecule has 5 nitrogen and oxygen atoms in total. The molecule has 0 spiro atoms. The van der Waals surface area contributed by atoms with Crippen LogP contribution in [0.25, 0.3) is 0 Å². The van der Waals surface area contributed by atoms with Crippen molar-refractivity contribution in [2.24, 2.45) is 0 Å². The van der Waals surface area contributed by atoms with Crippen LogP contribution >= 0.6 is 0 Å². The summed E-state index contributed by atoms with van der Waals surface area (Å²) in [5, 5.41) is 3.29. The molecule has 5 heteroatoms. The average molecular weight is 220 g/mol. The fourth-order valence-electron chi connectivity index (χ4n) is 1.90. The van der Waals surface area contributed by atoms with Gasteiger partial charge < -0.3 is 5.32 Å². The van der Waals surface area contributed by atoms with Crippen LogP contribution in [-0.4, -0.2) is 53.4 Å². The van der Waals surface area contributed by atoms with E-state index >= 15 is 0 Å². The monoisotopic (exact) mass is 220 g/mol. The second-order valence-electron chi connectivity index (χ2n) is 4.08. The first-order valence-corrected chi connectivity index (χ1v) is 5.47. The lowest BCUT2D eigenvalue weighted by atomic mass is 10.2. The predicted octanol–water partition coefficient (Wildman–Crippen LogP) is -0.0470. The zero-order chi connectivity index (χ0) is 11.4. The Hall–Kier alpha value is -1.33. The van der Waals surface area contributed by atoms with Crippen molar-refractivity contribution >= 4 is 5.78 Å². The molecule has 0 radical (unpaired) electrons. The predicted molar refractivity (Wildman–Crippen MR) is 60.3 cm³/mol. The summed E-state index contributed by atoms with van der Waals surface area (Å²) in [4.78, 5) is 21.8. The number of rotatable bonds is 4. The molecule has 0 bridgehead atoms. The molecule has 1 aromatic heterocycles. The van der Waals surface area contributed by atoms with Crippen LogP contribution in [0.4, 0.5) is 0 Å². The molecular formula is C11H16N4O. The number of ketones is 1. The van der Waals surface area contributed by atoms with Gasteiger partial charge in [0, 0.05) is 25.0 Å². The minimum atomic E-state index is 0.0301. The number of nitrogens with one attached hydrogen (secondary N) is 1. The number of Topliss-reactive ketones (excluding diaryl/α,β-unsaturated/α-hetero) is 1. The second-order valence-corrected chi connectivity index (χ2v) is 4.08. The quantitative estimate of drug-likeness (QED) is 0.721. The minimum absolute atomic E-state index is 0.0301. The summed E-state index contributed by atoms with van der Waals surface area (Å²) >= 11 is 0. The number of hydrogen-bond donors (Lipinski definition) is 1. The summed E-state index contributed by atoms with van der Waals surface area (Å²) in [5.41, 5.74) is 0.445. The van der Waals surface area contributed by atoms with E-state index in [9.17, 15) is 4.79 Å². The Morgan fingerprint density at radius 1 is 1.62 bits per heavy atom. The lowest BCUT2D eigenvalue weighted by Crippen LogP contribution is -2.37. The zero-order valence-corrected chi connectivity index (χ0v) is 9.39. The van der Waals surface area contributed by atoms with Gasteiger partial charge in [0.25, 0.3) is 0 Å². The van der Waals surface area contributed by atoms with Gasteiger partial charge in [0.05, 0.1) is 12.7 Å². The molecule has 0 saturated carbocycles. The van der Waals surface area contributed by atoms with Crippen molar-refractivity contribution in [3.8, 4) is 0 Å². The Morgan fingerprint density at radius 3 is 3.12 bits per heavy atom. The van der Waals surface area contributed by atoms with Crippen molar-refractivity contribution in [1.82, 2.24) is 20.2 Å². The first kappa shape index (κ1) is 11.2. The fraction of sp³-hybridized carbons (Fsp3) is 0.545. The Balaban J connectivity index is 1.92. The molecule has 1 aliphatic rings. The largest absolute Gasteiger partial charge is 0.315 e. The molecule has 1 aliphatic heterocycles. The van der Waals surface area contributed by atoms with Gasteiger partial charge in [-0.05, 0) is 20.0 Å². The van der Waals surface area contributed by atoms with Crippen LogP contribution in [0.2, 0.25) is 0 Å². The van der Waals surface area contributed by atoms with Gasteiger partial charge in [-0.3, -0.25) is 14.7 Å². The van der Waals surface area contributed by atoms with Gasteiger partial charge in [0.2, 0.25) is 0 Å². The van der Waals surface area contributed by atoms with E-state index in [1.54, 1.807) is 12.4 Å². The van der Waals surface area contributed by atoms with E-state index in [0.717, 1.165) is 19.5 Å². The summed E-state index contributed by atoms with van der Waals surface area (Å²) < 4.78 is 0. The summed E-state index contributed by atoms with van der Waals surface area (Å²) in [6, 6.07) is 0.459.